The summed E-state index contributed by atoms with van der Waals surface area (Å²) in [4.78, 5) is 41.7. The number of carbonyl (C=O) groups excluding carboxylic acids is 2. The smallest absolute Gasteiger partial charge is 0.326 e. The highest BCUT2D eigenvalue weighted by Crippen LogP contribution is 2.35. The third-order valence-corrected chi connectivity index (χ3v) is 5.65. The number of rotatable bonds is 5. The van der Waals surface area contributed by atoms with Crippen molar-refractivity contribution in [3.8, 4) is 11.5 Å². The first kappa shape index (κ1) is 19.2. The SMILES string of the molecule is O=C(NCCn1c(=O)[nH]c2ccccc21)C1CC(=O)N(c2ccc3c(c2)OCCO3)C1. The average Bonchev–Trinajstić information content (AvgIpc) is 3.33. The quantitative estimate of drug-likeness (QED) is 0.644. The van der Waals surface area contributed by atoms with Gasteiger partial charge in [0.15, 0.2) is 11.5 Å². The Bertz CT molecular complexity index is 1210. The Hall–Kier alpha value is -3.75. The van der Waals surface area contributed by atoms with E-state index in [0.29, 0.717) is 50.0 Å². The third kappa shape index (κ3) is 3.63. The number of aromatic nitrogens is 2. The topological polar surface area (TPSA) is 106 Å². The molecule has 1 atom stereocenters. The number of para-hydroxylation sites is 2. The van der Waals surface area contributed by atoms with Gasteiger partial charge in [-0.3, -0.25) is 14.2 Å². The zero-order valence-electron chi connectivity index (χ0n) is 16.8. The molecular weight excluding hydrogens is 400 g/mol. The fourth-order valence-electron chi connectivity index (χ4n) is 4.10. The summed E-state index contributed by atoms with van der Waals surface area (Å²) in [5, 5.41) is 2.86. The standard InChI is InChI=1S/C22H22N4O5/c27-20-11-14(13-26(20)15-5-6-18-19(12-15)31-10-9-30-18)21(28)23-7-8-25-17-4-2-1-3-16(17)24-22(25)29/h1-6,12,14H,7-11,13H2,(H,23,28)(H,24,29). The van der Waals surface area contributed by atoms with Gasteiger partial charge in [-0.1, -0.05) is 12.1 Å². The van der Waals surface area contributed by atoms with Gasteiger partial charge in [-0.15, -0.1) is 0 Å². The van der Waals surface area contributed by atoms with Crippen LogP contribution in [0.4, 0.5) is 5.69 Å². The van der Waals surface area contributed by atoms with Crippen LogP contribution in [-0.4, -0.2) is 47.7 Å². The van der Waals surface area contributed by atoms with Crippen LogP contribution in [0.25, 0.3) is 11.0 Å². The Morgan fingerprint density at radius 2 is 1.90 bits per heavy atom. The lowest BCUT2D eigenvalue weighted by Crippen LogP contribution is -2.35. The van der Waals surface area contributed by atoms with E-state index in [2.05, 4.69) is 10.3 Å². The van der Waals surface area contributed by atoms with Crippen LogP contribution >= 0.6 is 0 Å². The number of hydrogen-bond donors (Lipinski definition) is 2. The molecule has 1 fully saturated rings. The molecule has 9 heteroatoms. The summed E-state index contributed by atoms with van der Waals surface area (Å²) in [7, 11) is 0. The second kappa shape index (κ2) is 7.82. The molecule has 2 aromatic carbocycles. The van der Waals surface area contributed by atoms with E-state index >= 15 is 0 Å². The van der Waals surface area contributed by atoms with Crippen LogP contribution in [0, 0.1) is 5.92 Å². The van der Waals surface area contributed by atoms with E-state index < -0.39 is 5.92 Å². The number of anilines is 1. The summed E-state index contributed by atoms with van der Waals surface area (Å²) in [5.74, 6) is 0.517. The molecule has 2 aliphatic heterocycles. The van der Waals surface area contributed by atoms with Crippen LogP contribution in [0.15, 0.2) is 47.3 Å². The minimum Gasteiger partial charge on any atom is -0.486 e. The average molecular weight is 422 g/mol. The predicted molar refractivity (Wildman–Crippen MR) is 113 cm³/mol. The molecule has 2 amide bonds. The lowest BCUT2D eigenvalue weighted by atomic mass is 10.1. The zero-order chi connectivity index (χ0) is 21.4. The van der Waals surface area contributed by atoms with E-state index in [1.807, 2.05) is 24.3 Å². The maximum atomic E-state index is 12.6. The minimum absolute atomic E-state index is 0.107. The Kier molecular flexibility index (Phi) is 4.85. The number of fused-ring (bicyclic) bond motifs is 2. The van der Waals surface area contributed by atoms with Crippen molar-refractivity contribution in [1.29, 1.82) is 0 Å². The number of benzene rings is 2. The van der Waals surface area contributed by atoms with Gasteiger partial charge in [-0.2, -0.15) is 0 Å². The van der Waals surface area contributed by atoms with E-state index in [-0.39, 0.29) is 23.9 Å². The van der Waals surface area contributed by atoms with Gasteiger partial charge in [0.1, 0.15) is 13.2 Å². The number of amides is 2. The molecule has 0 saturated carbocycles. The summed E-state index contributed by atoms with van der Waals surface area (Å²) in [6.45, 7) is 1.92. The maximum Gasteiger partial charge on any atom is 0.326 e. The zero-order valence-corrected chi connectivity index (χ0v) is 16.8. The number of nitrogens with one attached hydrogen (secondary N) is 2. The fraction of sp³-hybridized carbons (Fsp3) is 0.318. The largest absolute Gasteiger partial charge is 0.486 e. The molecule has 1 saturated heterocycles. The van der Waals surface area contributed by atoms with E-state index in [0.717, 1.165) is 11.0 Å². The van der Waals surface area contributed by atoms with E-state index in [9.17, 15) is 14.4 Å². The normalized spacial score (nSPS) is 17.9. The van der Waals surface area contributed by atoms with Gasteiger partial charge < -0.3 is 24.7 Å². The number of ether oxygens (including phenoxy) is 2. The van der Waals surface area contributed by atoms with Gasteiger partial charge in [0, 0.05) is 37.8 Å². The third-order valence-electron chi connectivity index (χ3n) is 5.65. The van der Waals surface area contributed by atoms with Crippen LogP contribution in [0.5, 0.6) is 11.5 Å². The van der Waals surface area contributed by atoms with Crippen LogP contribution < -0.4 is 25.4 Å². The first-order chi connectivity index (χ1) is 15.1. The van der Waals surface area contributed by atoms with E-state index in [4.69, 9.17) is 9.47 Å². The highest BCUT2D eigenvalue weighted by Gasteiger charge is 2.35. The summed E-state index contributed by atoms with van der Waals surface area (Å²) in [6, 6.07) is 12.8. The lowest BCUT2D eigenvalue weighted by Gasteiger charge is -2.22. The summed E-state index contributed by atoms with van der Waals surface area (Å²) in [6.07, 6.45) is 0.146. The molecule has 0 aliphatic carbocycles. The van der Waals surface area contributed by atoms with Crippen molar-refractivity contribution in [2.45, 2.75) is 13.0 Å². The number of carbonyl (C=O) groups is 2. The summed E-state index contributed by atoms with van der Waals surface area (Å²) < 4.78 is 12.7. The first-order valence-electron chi connectivity index (χ1n) is 10.3. The maximum absolute atomic E-state index is 12.6. The molecule has 1 unspecified atom stereocenters. The lowest BCUT2D eigenvalue weighted by molar-refractivity contribution is -0.126. The van der Waals surface area contributed by atoms with Gasteiger partial charge in [0.2, 0.25) is 11.8 Å². The number of H-pyrrole nitrogens is 1. The molecule has 1 aromatic heterocycles. The van der Waals surface area contributed by atoms with Crippen molar-refractivity contribution in [3.63, 3.8) is 0 Å². The minimum atomic E-state index is -0.444. The molecule has 31 heavy (non-hydrogen) atoms. The monoisotopic (exact) mass is 422 g/mol. The second-order valence-corrected chi connectivity index (χ2v) is 7.62. The number of aromatic amines is 1. The number of nitrogens with zero attached hydrogens (tertiary/aromatic N) is 2. The van der Waals surface area contributed by atoms with Crippen LogP contribution in [0.2, 0.25) is 0 Å². The first-order valence-corrected chi connectivity index (χ1v) is 10.3. The van der Waals surface area contributed by atoms with Crippen molar-refractivity contribution < 1.29 is 19.1 Å². The van der Waals surface area contributed by atoms with E-state index in [1.165, 1.54) is 0 Å². The molecule has 3 heterocycles. The highest BCUT2D eigenvalue weighted by molar-refractivity contribution is 6.00. The van der Waals surface area contributed by atoms with Gasteiger partial charge in [-0.05, 0) is 24.3 Å². The van der Waals surface area contributed by atoms with Crippen molar-refractivity contribution >= 4 is 28.5 Å². The molecule has 2 N–H and O–H groups in total. The molecule has 0 bridgehead atoms. The Balaban J connectivity index is 1.21. The summed E-state index contributed by atoms with van der Waals surface area (Å²) in [5.41, 5.74) is 2.03. The van der Waals surface area contributed by atoms with Gasteiger partial charge in [0.05, 0.1) is 17.0 Å². The van der Waals surface area contributed by atoms with Crippen molar-refractivity contribution in [2.24, 2.45) is 5.92 Å². The van der Waals surface area contributed by atoms with Gasteiger partial charge in [0.25, 0.3) is 0 Å². The Labute approximate surface area is 177 Å². The van der Waals surface area contributed by atoms with E-state index in [1.54, 1.807) is 27.7 Å². The molecule has 0 radical (unpaired) electrons. The molecule has 0 spiro atoms. The van der Waals surface area contributed by atoms with Crippen LogP contribution in [0.3, 0.4) is 0 Å². The Morgan fingerprint density at radius 3 is 2.77 bits per heavy atom. The molecule has 160 valence electrons. The van der Waals surface area contributed by atoms with Crippen molar-refractivity contribution in [3.05, 3.63) is 52.9 Å². The molecule has 5 rings (SSSR count). The predicted octanol–water partition coefficient (Wildman–Crippen LogP) is 1.27. The van der Waals surface area contributed by atoms with Gasteiger partial charge >= 0.3 is 5.69 Å². The second-order valence-electron chi connectivity index (χ2n) is 7.62. The molecular formula is C22H22N4O5. The Morgan fingerprint density at radius 1 is 1.10 bits per heavy atom. The van der Waals surface area contributed by atoms with Crippen LogP contribution in [-0.2, 0) is 16.1 Å². The molecule has 3 aromatic rings. The van der Waals surface area contributed by atoms with Gasteiger partial charge in [-0.25, -0.2) is 4.79 Å². The molecule has 9 nitrogen and oxygen atoms in total. The van der Waals surface area contributed by atoms with Crippen molar-refractivity contribution in [2.75, 3.05) is 31.2 Å². The number of imidazole rings is 1. The van der Waals surface area contributed by atoms with Crippen molar-refractivity contribution in [1.82, 2.24) is 14.9 Å². The number of hydrogen-bond acceptors (Lipinski definition) is 5. The fourth-order valence-corrected chi connectivity index (χ4v) is 4.10. The van der Waals surface area contributed by atoms with Crippen LogP contribution in [0.1, 0.15) is 6.42 Å². The molecule has 2 aliphatic rings. The summed E-state index contributed by atoms with van der Waals surface area (Å²) >= 11 is 0. The highest BCUT2D eigenvalue weighted by atomic mass is 16.6.